The van der Waals surface area contributed by atoms with Crippen LogP contribution in [-0.4, -0.2) is 25.2 Å². The van der Waals surface area contributed by atoms with E-state index in [2.05, 4.69) is 41.3 Å². The lowest BCUT2D eigenvalue weighted by Crippen LogP contribution is -2.14. The quantitative estimate of drug-likeness (QED) is 0.914. The Labute approximate surface area is 137 Å². The minimum absolute atomic E-state index is 0.141. The fourth-order valence-electron chi connectivity index (χ4n) is 3.60. The second-order valence-electron chi connectivity index (χ2n) is 6.51. The van der Waals surface area contributed by atoms with Gasteiger partial charge in [0.15, 0.2) is 0 Å². The fourth-order valence-corrected chi connectivity index (χ4v) is 3.60. The summed E-state index contributed by atoms with van der Waals surface area (Å²) in [6, 6.07) is 14.9. The molecule has 0 heterocycles. The fraction of sp³-hybridized carbons (Fsp3) is 0.350. The number of carbonyl (C=O) groups is 1. The van der Waals surface area contributed by atoms with E-state index in [9.17, 15) is 9.90 Å². The summed E-state index contributed by atoms with van der Waals surface area (Å²) < 4.78 is 0. The summed E-state index contributed by atoms with van der Waals surface area (Å²) in [6.07, 6.45) is 3.34. The highest BCUT2D eigenvalue weighted by Crippen LogP contribution is 2.38. The van der Waals surface area contributed by atoms with Crippen molar-refractivity contribution in [1.82, 2.24) is 0 Å². The standard InChI is InChI=1S/C20H23NO2/c1-21(2)19-9-4-3-8-17(19)16-11-10-14-6-5-7-15(13-20(22)23)18(14)12-16/h3-4,8-12,15H,5-7,13H2,1-2H3,(H,22,23). The van der Waals surface area contributed by atoms with Gasteiger partial charge in [-0.15, -0.1) is 0 Å². The number of rotatable bonds is 4. The van der Waals surface area contributed by atoms with E-state index >= 15 is 0 Å². The summed E-state index contributed by atoms with van der Waals surface area (Å²) in [5.41, 5.74) is 6.08. The van der Waals surface area contributed by atoms with Crippen molar-refractivity contribution in [2.24, 2.45) is 0 Å². The minimum Gasteiger partial charge on any atom is -0.481 e. The molecule has 0 radical (unpaired) electrons. The number of aliphatic carboxylic acids is 1. The Balaban J connectivity index is 2.05. The van der Waals surface area contributed by atoms with Gasteiger partial charge >= 0.3 is 5.97 Å². The van der Waals surface area contributed by atoms with Crippen molar-refractivity contribution in [1.29, 1.82) is 0 Å². The SMILES string of the molecule is CN(C)c1ccccc1-c1ccc2c(c1)C(CC(=O)O)CCC2. The van der Waals surface area contributed by atoms with Gasteiger partial charge in [-0.05, 0) is 47.9 Å². The lowest BCUT2D eigenvalue weighted by Gasteiger charge is -2.26. The maximum Gasteiger partial charge on any atom is 0.303 e. The van der Waals surface area contributed by atoms with Crippen LogP contribution in [0.25, 0.3) is 11.1 Å². The van der Waals surface area contributed by atoms with Crippen LogP contribution >= 0.6 is 0 Å². The van der Waals surface area contributed by atoms with Crippen LogP contribution in [0, 0.1) is 0 Å². The van der Waals surface area contributed by atoms with E-state index in [1.165, 1.54) is 27.9 Å². The first-order chi connectivity index (χ1) is 11.1. The third-order valence-corrected chi connectivity index (χ3v) is 4.70. The lowest BCUT2D eigenvalue weighted by atomic mass is 9.79. The lowest BCUT2D eigenvalue weighted by molar-refractivity contribution is -0.137. The molecule has 3 rings (SSSR count). The number of nitrogens with zero attached hydrogens (tertiary/aromatic N) is 1. The second-order valence-corrected chi connectivity index (χ2v) is 6.51. The van der Waals surface area contributed by atoms with Crippen molar-refractivity contribution in [3.63, 3.8) is 0 Å². The van der Waals surface area contributed by atoms with Crippen LogP contribution in [0.4, 0.5) is 5.69 Å². The Morgan fingerprint density at radius 1 is 1.22 bits per heavy atom. The van der Waals surface area contributed by atoms with E-state index < -0.39 is 5.97 Å². The molecule has 3 heteroatoms. The van der Waals surface area contributed by atoms with Gasteiger partial charge in [0.1, 0.15) is 0 Å². The predicted molar refractivity (Wildman–Crippen MR) is 94.1 cm³/mol. The maximum atomic E-state index is 11.2. The van der Waals surface area contributed by atoms with Crippen molar-refractivity contribution in [2.45, 2.75) is 31.6 Å². The molecule has 2 aromatic carbocycles. The van der Waals surface area contributed by atoms with E-state index in [1.54, 1.807) is 0 Å². The maximum absolute atomic E-state index is 11.2. The number of anilines is 1. The van der Waals surface area contributed by atoms with Crippen LogP contribution in [0.1, 0.15) is 36.3 Å². The Kier molecular flexibility index (Phi) is 4.37. The Bertz CT molecular complexity index is 721. The summed E-state index contributed by atoms with van der Waals surface area (Å²) in [4.78, 5) is 13.3. The number of aryl methyl sites for hydroxylation is 1. The largest absolute Gasteiger partial charge is 0.481 e. The Morgan fingerprint density at radius 3 is 2.74 bits per heavy atom. The molecule has 0 aliphatic heterocycles. The molecule has 0 saturated heterocycles. The van der Waals surface area contributed by atoms with Crippen LogP contribution in [0.5, 0.6) is 0 Å². The van der Waals surface area contributed by atoms with E-state index in [0.717, 1.165) is 19.3 Å². The zero-order valence-corrected chi connectivity index (χ0v) is 13.7. The number of hydrogen-bond donors (Lipinski definition) is 1. The molecule has 1 aliphatic rings. The highest BCUT2D eigenvalue weighted by atomic mass is 16.4. The van der Waals surface area contributed by atoms with Gasteiger partial charge in [0, 0.05) is 25.3 Å². The summed E-state index contributed by atoms with van der Waals surface area (Å²) >= 11 is 0. The molecule has 2 aromatic rings. The molecule has 0 spiro atoms. The van der Waals surface area contributed by atoms with Crippen LogP contribution in [0.2, 0.25) is 0 Å². The zero-order chi connectivity index (χ0) is 16.4. The van der Waals surface area contributed by atoms with Gasteiger partial charge in [-0.25, -0.2) is 0 Å². The summed E-state index contributed by atoms with van der Waals surface area (Å²) in [5, 5.41) is 9.19. The smallest absolute Gasteiger partial charge is 0.303 e. The molecule has 0 saturated carbocycles. The second kappa shape index (κ2) is 6.45. The summed E-state index contributed by atoms with van der Waals surface area (Å²) in [7, 11) is 4.09. The first-order valence-corrected chi connectivity index (χ1v) is 8.17. The number of benzene rings is 2. The number of carboxylic acid groups (broad SMARTS) is 1. The number of para-hydroxylation sites is 1. The molecule has 1 unspecified atom stereocenters. The molecule has 0 bridgehead atoms. The van der Waals surface area contributed by atoms with E-state index in [4.69, 9.17) is 0 Å². The van der Waals surface area contributed by atoms with Crippen molar-refractivity contribution in [3.8, 4) is 11.1 Å². The molecule has 120 valence electrons. The number of hydrogen-bond acceptors (Lipinski definition) is 2. The first kappa shape index (κ1) is 15.6. The monoisotopic (exact) mass is 309 g/mol. The van der Waals surface area contributed by atoms with Gasteiger partial charge in [-0.3, -0.25) is 4.79 Å². The molecule has 1 atom stereocenters. The predicted octanol–water partition coefficient (Wildman–Crippen LogP) is 4.31. The number of fused-ring (bicyclic) bond motifs is 1. The van der Waals surface area contributed by atoms with Crippen LogP contribution in [0.3, 0.4) is 0 Å². The zero-order valence-electron chi connectivity index (χ0n) is 13.7. The van der Waals surface area contributed by atoms with Crippen LogP contribution in [-0.2, 0) is 11.2 Å². The molecule has 3 nitrogen and oxygen atoms in total. The van der Waals surface area contributed by atoms with E-state index in [0.29, 0.717) is 0 Å². The third-order valence-electron chi connectivity index (χ3n) is 4.70. The van der Waals surface area contributed by atoms with Crippen molar-refractivity contribution in [3.05, 3.63) is 53.6 Å². The Morgan fingerprint density at radius 2 is 2.00 bits per heavy atom. The average molecular weight is 309 g/mol. The highest BCUT2D eigenvalue weighted by molar-refractivity contribution is 5.79. The summed E-state index contributed by atoms with van der Waals surface area (Å²) in [6.45, 7) is 0. The highest BCUT2D eigenvalue weighted by Gasteiger charge is 2.23. The van der Waals surface area contributed by atoms with Gasteiger partial charge < -0.3 is 10.0 Å². The molecule has 0 fully saturated rings. The van der Waals surface area contributed by atoms with Crippen molar-refractivity contribution in [2.75, 3.05) is 19.0 Å². The van der Waals surface area contributed by atoms with Gasteiger partial charge in [-0.2, -0.15) is 0 Å². The van der Waals surface area contributed by atoms with Gasteiger partial charge in [0.05, 0.1) is 6.42 Å². The summed E-state index contributed by atoms with van der Waals surface area (Å²) in [5.74, 6) is -0.565. The molecular weight excluding hydrogens is 286 g/mol. The molecule has 0 aromatic heterocycles. The first-order valence-electron chi connectivity index (χ1n) is 8.17. The average Bonchev–Trinajstić information content (AvgIpc) is 2.54. The third kappa shape index (κ3) is 3.24. The van der Waals surface area contributed by atoms with Gasteiger partial charge in [0.25, 0.3) is 0 Å². The van der Waals surface area contributed by atoms with Crippen LogP contribution in [0.15, 0.2) is 42.5 Å². The van der Waals surface area contributed by atoms with Crippen molar-refractivity contribution >= 4 is 11.7 Å². The Hall–Kier alpha value is -2.29. The molecule has 23 heavy (non-hydrogen) atoms. The normalized spacial score (nSPS) is 16.7. The molecule has 0 amide bonds. The van der Waals surface area contributed by atoms with Gasteiger partial charge in [-0.1, -0.05) is 36.4 Å². The molecule has 1 N–H and O–H groups in total. The van der Waals surface area contributed by atoms with Crippen LogP contribution < -0.4 is 4.90 Å². The van der Waals surface area contributed by atoms with Crippen molar-refractivity contribution < 1.29 is 9.90 Å². The topological polar surface area (TPSA) is 40.5 Å². The molecule has 1 aliphatic carbocycles. The van der Waals surface area contributed by atoms with E-state index in [-0.39, 0.29) is 12.3 Å². The minimum atomic E-state index is -0.707. The number of carboxylic acids is 1. The molecular formula is C20H23NO2. The van der Waals surface area contributed by atoms with Gasteiger partial charge in [0.2, 0.25) is 0 Å². The van der Waals surface area contributed by atoms with E-state index in [1.807, 2.05) is 20.2 Å².